The normalized spacial score (nSPS) is 26.1. The molecule has 0 saturated carbocycles. The number of para-hydroxylation sites is 1. The number of morpholine rings is 1. The standard InChI is InChI=1S/C18H21F2N3O2/c19-17(20)8-23-7-15(14-3-1-2-4-16(14)23)18(24)22-11-5-12-9-25-10-13(6-11)21-12/h1-4,7,11-13,17,21H,5-6,8-10H2,(H,22,24). The highest BCUT2D eigenvalue weighted by Crippen LogP contribution is 2.24. The lowest BCUT2D eigenvalue weighted by molar-refractivity contribution is 0.0148. The number of halogens is 2. The zero-order valence-electron chi connectivity index (χ0n) is 13.8. The van der Waals surface area contributed by atoms with Gasteiger partial charge >= 0.3 is 0 Å². The summed E-state index contributed by atoms with van der Waals surface area (Å²) in [5.74, 6) is -0.199. The fourth-order valence-electron chi connectivity index (χ4n) is 3.95. The first kappa shape index (κ1) is 16.5. The maximum absolute atomic E-state index is 12.8. The average Bonchev–Trinajstić information content (AvgIpc) is 2.93. The minimum atomic E-state index is -2.46. The summed E-state index contributed by atoms with van der Waals surface area (Å²) in [6.45, 7) is 0.912. The molecule has 3 heterocycles. The van der Waals surface area contributed by atoms with Crippen molar-refractivity contribution in [2.24, 2.45) is 0 Å². The zero-order valence-corrected chi connectivity index (χ0v) is 13.8. The van der Waals surface area contributed by atoms with Crippen LogP contribution in [0.5, 0.6) is 0 Å². The lowest BCUT2D eigenvalue weighted by Gasteiger charge is -2.40. The number of amides is 1. The van der Waals surface area contributed by atoms with Crippen LogP contribution in [0.3, 0.4) is 0 Å². The fourth-order valence-corrected chi connectivity index (χ4v) is 3.95. The van der Waals surface area contributed by atoms with Gasteiger partial charge in [0.15, 0.2) is 0 Å². The molecule has 1 aromatic heterocycles. The fraction of sp³-hybridized carbons (Fsp3) is 0.500. The number of hydrogen-bond acceptors (Lipinski definition) is 3. The zero-order chi connectivity index (χ0) is 17.4. The van der Waals surface area contributed by atoms with Crippen LogP contribution in [0.1, 0.15) is 23.2 Å². The quantitative estimate of drug-likeness (QED) is 0.889. The van der Waals surface area contributed by atoms with Crippen LogP contribution in [-0.4, -0.2) is 48.2 Å². The first-order valence-electron chi connectivity index (χ1n) is 8.61. The van der Waals surface area contributed by atoms with Crippen LogP contribution in [0, 0.1) is 0 Å². The summed E-state index contributed by atoms with van der Waals surface area (Å²) in [5, 5.41) is 7.28. The molecular weight excluding hydrogens is 328 g/mol. The molecule has 2 atom stereocenters. The van der Waals surface area contributed by atoms with E-state index in [1.165, 1.54) is 10.8 Å². The molecule has 7 heteroatoms. The van der Waals surface area contributed by atoms with Crippen LogP contribution < -0.4 is 10.6 Å². The van der Waals surface area contributed by atoms with Crippen LogP contribution >= 0.6 is 0 Å². The van der Waals surface area contributed by atoms with E-state index in [9.17, 15) is 13.6 Å². The molecule has 2 aliphatic rings. The number of alkyl halides is 2. The lowest BCUT2D eigenvalue weighted by atomic mass is 9.92. The van der Waals surface area contributed by atoms with Gasteiger partial charge in [0, 0.05) is 35.2 Å². The number of nitrogens with zero attached hydrogens (tertiary/aromatic N) is 1. The Morgan fingerprint density at radius 2 is 2.00 bits per heavy atom. The number of ether oxygens (including phenoxy) is 1. The molecular formula is C18H21F2N3O2. The van der Waals surface area contributed by atoms with Crippen LogP contribution in [0.4, 0.5) is 8.78 Å². The minimum absolute atomic E-state index is 0.0739. The Labute approximate surface area is 144 Å². The summed E-state index contributed by atoms with van der Waals surface area (Å²) >= 11 is 0. The van der Waals surface area contributed by atoms with E-state index in [2.05, 4.69) is 10.6 Å². The number of carbonyl (C=O) groups excluding carboxylic acids is 1. The molecule has 2 aliphatic heterocycles. The summed E-state index contributed by atoms with van der Waals surface area (Å²) in [7, 11) is 0. The number of carbonyl (C=O) groups is 1. The monoisotopic (exact) mass is 349 g/mol. The molecule has 25 heavy (non-hydrogen) atoms. The molecule has 2 fully saturated rings. The average molecular weight is 349 g/mol. The largest absolute Gasteiger partial charge is 0.378 e. The summed E-state index contributed by atoms with van der Waals surface area (Å²) in [6, 6.07) is 7.77. The van der Waals surface area contributed by atoms with Crippen molar-refractivity contribution >= 4 is 16.8 Å². The molecule has 0 spiro atoms. The Bertz CT molecular complexity index is 765. The minimum Gasteiger partial charge on any atom is -0.378 e. The second-order valence-corrected chi connectivity index (χ2v) is 6.84. The summed E-state index contributed by atoms with van der Waals surface area (Å²) < 4.78 is 32.6. The Morgan fingerprint density at radius 1 is 1.28 bits per heavy atom. The van der Waals surface area contributed by atoms with Gasteiger partial charge in [-0.2, -0.15) is 0 Å². The summed E-state index contributed by atoms with van der Waals surface area (Å²) in [4.78, 5) is 12.8. The third kappa shape index (κ3) is 3.39. The Kier molecular flexibility index (Phi) is 4.43. The Morgan fingerprint density at radius 3 is 2.72 bits per heavy atom. The molecule has 1 amide bonds. The molecule has 1 aromatic carbocycles. The molecule has 2 saturated heterocycles. The third-order valence-electron chi connectivity index (χ3n) is 4.95. The van der Waals surface area contributed by atoms with Gasteiger partial charge in [0.05, 0.1) is 25.3 Å². The van der Waals surface area contributed by atoms with E-state index < -0.39 is 13.0 Å². The van der Waals surface area contributed by atoms with E-state index in [0.717, 1.165) is 12.8 Å². The first-order valence-corrected chi connectivity index (χ1v) is 8.61. The van der Waals surface area contributed by atoms with Crippen LogP contribution in [-0.2, 0) is 11.3 Å². The predicted octanol–water partition coefficient (Wildman–Crippen LogP) is 2.16. The maximum Gasteiger partial charge on any atom is 0.256 e. The highest BCUT2D eigenvalue weighted by atomic mass is 19.3. The highest BCUT2D eigenvalue weighted by molar-refractivity contribution is 6.07. The van der Waals surface area contributed by atoms with Gasteiger partial charge in [-0.05, 0) is 18.9 Å². The number of hydrogen-bond donors (Lipinski definition) is 2. The van der Waals surface area contributed by atoms with E-state index in [-0.39, 0.29) is 24.0 Å². The van der Waals surface area contributed by atoms with Gasteiger partial charge in [0.2, 0.25) is 0 Å². The molecule has 2 bridgehead atoms. The lowest BCUT2D eigenvalue weighted by Crippen LogP contribution is -2.58. The molecule has 2 N–H and O–H groups in total. The first-order chi connectivity index (χ1) is 12.1. The van der Waals surface area contributed by atoms with Crippen LogP contribution in [0.15, 0.2) is 30.5 Å². The molecule has 0 radical (unpaired) electrons. The van der Waals surface area contributed by atoms with E-state index in [1.54, 1.807) is 18.2 Å². The van der Waals surface area contributed by atoms with E-state index in [4.69, 9.17) is 4.74 Å². The summed E-state index contributed by atoms with van der Waals surface area (Å²) in [5.41, 5.74) is 1.11. The van der Waals surface area contributed by atoms with Crippen molar-refractivity contribution in [3.8, 4) is 0 Å². The second kappa shape index (κ2) is 6.72. The Balaban J connectivity index is 1.55. The molecule has 0 aliphatic carbocycles. The van der Waals surface area contributed by atoms with Gasteiger partial charge < -0.3 is 19.9 Å². The van der Waals surface area contributed by atoms with Crippen molar-refractivity contribution in [1.29, 1.82) is 0 Å². The predicted molar refractivity (Wildman–Crippen MR) is 90.0 cm³/mol. The van der Waals surface area contributed by atoms with Gasteiger partial charge in [-0.25, -0.2) is 8.78 Å². The van der Waals surface area contributed by atoms with Crippen LogP contribution in [0.25, 0.3) is 10.9 Å². The number of aromatic nitrogens is 1. The van der Waals surface area contributed by atoms with E-state index >= 15 is 0 Å². The maximum atomic E-state index is 12.8. The van der Waals surface area contributed by atoms with E-state index in [0.29, 0.717) is 29.7 Å². The number of fused-ring (bicyclic) bond motifs is 3. The summed E-state index contributed by atoms with van der Waals surface area (Å²) in [6.07, 6.45) is 0.711. The highest BCUT2D eigenvalue weighted by Gasteiger charge is 2.33. The van der Waals surface area contributed by atoms with Gasteiger partial charge in [0.1, 0.15) is 0 Å². The van der Waals surface area contributed by atoms with Crippen molar-refractivity contribution in [3.63, 3.8) is 0 Å². The number of rotatable bonds is 4. The number of piperidine rings is 1. The molecule has 2 aromatic rings. The van der Waals surface area contributed by atoms with Crippen molar-refractivity contribution in [1.82, 2.24) is 15.2 Å². The van der Waals surface area contributed by atoms with E-state index in [1.807, 2.05) is 6.07 Å². The molecule has 5 nitrogen and oxygen atoms in total. The third-order valence-corrected chi connectivity index (χ3v) is 4.95. The van der Waals surface area contributed by atoms with Crippen molar-refractivity contribution < 1.29 is 18.3 Å². The van der Waals surface area contributed by atoms with Gasteiger partial charge in [-0.15, -0.1) is 0 Å². The van der Waals surface area contributed by atoms with Gasteiger partial charge in [0.25, 0.3) is 12.3 Å². The number of nitrogens with one attached hydrogen (secondary N) is 2. The SMILES string of the molecule is O=C(NC1CC2COCC(C1)N2)c1cn(CC(F)F)c2ccccc12. The number of benzene rings is 1. The molecule has 2 unspecified atom stereocenters. The smallest absolute Gasteiger partial charge is 0.256 e. The van der Waals surface area contributed by atoms with Crippen molar-refractivity contribution in [2.75, 3.05) is 13.2 Å². The topological polar surface area (TPSA) is 55.3 Å². The van der Waals surface area contributed by atoms with Crippen molar-refractivity contribution in [2.45, 2.75) is 43.9 Å². The molecule has 134 valence electrons. The second-order valence-electron chi connectivity index (χ2n) is 6.84. The van der Waals surface area contributed by atoms with Crippen molar-refractivity contribution in [3.05, 3.63) is 36.0 Å². The molecule has 4 rings (SSSR count). The van der Waals surface area contributed by atoms with Gasteiger partial charge in [-0.1, -0.05) is 18.2 Å². The van der Waals surface area contributed by atoms with Crippen LogP contribution in [0.2, 0.25) is 0 Å². The van der Waals surface area contributed by atoms with Gasteiger partial charge in [-0.3, -0.25) is 4.79 Å². The Hall–Kier alpha value is -1.99.